The fourth-order valence-corrected chi connectivity index (χ4v) is 1.85. The van der Waals surface area contributed by atoms with Crippen LogP contribution in [0.3, 0.4) is 0 Å². The van der Waals surface area contributed by atoms with Crippen molar-refractivity contribution >= 4 is 35.9 Å². The molecule has 142 valence electrons. The SMILES string of the molecule is CCNC(=NCc1ccc(C(F)(F)F)cc1)NCC(C)C(=O)OC.I. The van der Waals surface area contributed by atoms with Crippen LogP contribution in [0.15, 0.2) is 29.3 Å². The predicted molar refractivity (Wildman–Crippen MR) is 101 cm³/mol. The highest BCUT2D eigenvalue weighted by Crippen LogP contribution is 2.29. The Morgan fingerprint density at radius 3 is 2.32 bits per heavy atom. The Hall–Kier alpha value is -1.52. The first kappa shape index (κ1) is 23.5. The lowest BCUT2D eigenvalue weighted by molar-refractivity contribution is -0.144. The van der Waals surface area contributed by atoms with E-state index in [2.05, 4.69) is 20.4 Å². The van der Waals surface area contributed by atoms with Gasteiger partial charge in [0.2, 0.25) is 0 Å². The lowest BCUT2D eigenvalue weighted by atomic mass is 10.1. The maximum Gasteiger partial charge on any atom is 0.416 e. The summed E-state index contributed by atoms with van der Waals surface area (Å²) in [5.41, 5.74) is -0.0339. The number of rotatable bonds is 6. The molecule has 0 saturated heterocycles. The number of nitrogens with zero attached hydrogens (tertiary/aromatic N) is 1. The number of aliphatic imine (C=N–C) groups is 1. The van der Waals surface area contributed by atoms with Crippen LogP contribution in [0.4, 0.5) is 13.2 Å². The number of alkyl halides is 3. The highest BCUT2D eigenvalue weighted by Gasteiger charge is 2.29. The van der Waals surface area contributed by atoms with Crippen molar-refractivity contribution in [1.29, 1.82) is 0 Å². The fourth-order valence-electron chi connectivity index (χ4n) is 1.85. The molecule has 1 atom stereocenters. The van der Waals surface area contributed by atoms with Crippen LogP contribution in [-0.4, -0.2) is 32.1 Å². The van der Waals surface area contributed by atoms with Crippen molar-refractivity contribution in [1.82, 2.24) is 10.6 Å². The van der Waals surface area contributed by atoms with E-state index in [0.717, 1.165) is 12.1 Å². The molecule has 9 heteroatoms. The highest BCUT2D eigenvalue weighted by molar-refractivity contribution is 14.0. The molecule has 0 saturated carbocycles. The van der Waals surface area contributed by atoms with Crippen molar-refractivity contribution in [3.63, 3.8) is 0 Å². The highest BCUT2D eigenvalue weighted by atomic mass is 127. The number of esters is 1. The van der Waals surface area contributed by atoms with E-state index in [4.69, 9.17) is 0 Å². The van der Waals surface area contributed by atoms with Gasteiger partial charge >= 0.3 is 12.1 Å². The third-order valence-electron chi connectivity index (χ3n) is 3.22. The van der Waals surface area contributed by atoms with Gasteiger partial charge in [-0.1, -0.05) is 19.1 Å². The van der Waals surface area contributed by atoms with E-state index in [-0.39, 0.29) is 42.4 Å². The number of nitrogens with one attached hydrogen (secondary N) is 2. The Kier molecular flexibility index (Phi) is 10.5. The number of carbonyl (C=O) groups is 1. The molecule has 0 amide bonds. The van der Waals surface area contributed by atoms with Gasteiger partial charge in [0.15, 0.2) is 5.96 Å². The molecule has 2 N–H and O–H groups in total. The largest absolute Gasteiger partial charge is 0.469 e. The smallest absolute Gasteiger partial charge is 0.416 e. The Bertz CT molecular complexity index is 563. The third-order valence-corrected chi connectivity index (χ3v) is 3.22. The molecule has 0 aliphatic carbocycles. The summed E-state index contributed by atoms with van der Waals surface area (Å²) in [6.45, 7) is 4.79. The number of benzene rings is 1. The first-order valence-electron chi connectivity index (χ1n) is 7.54. The zero-order chi connectivity index (χ0) is 18.2. The number of hydrogen-bond donors (Lipinski definition) is 2. The van der Waals surface area contributed by atoms with Gasteiger partial charge in [-0.2, -0.15) is 13.2 Å². The van der Waals surface area contributed by atoms with Crippen LogP contribution in [-0.2, 0) is 22.3 Å². The Balaban J connectivity index is 0.00000576. The lowest BCUT2D eigenvalue weighted by Gasteiger charge is -2.14. The van der Waals surface area contributed by atoms with Gasteiger partial charge in [-0.15, -0.1) is 24.0 Å². The molecule has 1 aromatic carbocycles. The Morgan fingerprint density at radius 1 is 1.24 bits per heavy atom. The van der Waals surface area contributed by atoms with Gasteiger partial charge in [0.1, 0.15) is 0 Å². The molecule has 0 heterocycles. The summed E-state index contributed by atoms with van der Waals surface area (Å²) in [7, 11) is 1.32. The van der Waals surface area contributed by atoms with Crippen LogP contribution in [0, 0.1) is 5.92 Å². The Labute approximate surface area is 162 Å². The van der Waals surface area contributed by atoms with Gasteiger partial charge < -0.3 is 15.4 Å². The first-order chi connectivity index (χ1) is 11.3. The van der Waals surface area contributed by atoms with Crippen LogP contribution < -0.4 is 10.6 Å². The molecule has 0 radical (unpaired) electrons. The van der Waals surface area contributed by atoms with Gasteiger partial charge in [-0.3, -0.25) is 4.79 Å². The molecular formula is C16H23F3IN3O2. The molecule has 0 aromatic heterocycles. The molecular weight excluding hydrogens is 450 g/mol. The number of carbonyl (C=O) groups excluding carboxylic acids is 1. The van der Waals surface area contributed by atoms with Gasteiger partial charge in [0, 0.05) is 13.1 Å². The number of methoxy groups -OCH3 is 1. The van der Waals surface area contributed by atoms with Gasteiger partial charge in [0.25, 0.3) is 0 Å². The molecule has 5 nitrogen and oxygen atoms in total. The Morgan fingerprint density at radius 2 is 1.84 bits per heavy atom. The minimum absolute atomic E-state index is 0. The molecule has 1 unspecified atom stereocenters. The number of halogens is 4. The zero-order valence-electron chi connectivity index (χ0n) is 14.3. The molecule has 1 aromatic rings. The summed E-state index contributed by atoms with van der Waals surface area (Å²) in [4.78, 5) is 15.7. The summed E-state index contributed by atoms with van der Waals surface area (Å²) in [5.74, 6) is -0.195. The lowest BCUT2D eigenvalue weighted by Crippen LogP contribution is -2.40. The second-order valence-corrected chi connectivity index (χ2v) is 5.19. The minimum Gasteiger partial charge on any atom is -0.469 e. The number of hydrogen-bond acceptors (Lipinski definition) is 3. The van der Waals surface area contributed by atoms with E-state index < -0.39 is 11.7 Å². The molecule has 25 heavy (non-hydrogen) atoms. The second-order valence-electron chi connectivity index (χ2n) is 5.19. The fraction of sp³-hybridized carbons (Fsp3) is 0.500. The standard InChI is InChI=1S/C16H22F3N3O2.HI/c1-4-20-15(21-9-11(2)14(23)24-3)22-10-12-5-7-13(8-6-12)16(17,18)19;/h5-8,11H,4,9-10H2,1-3H3,(H2,20,21,22);1H. The minimum atomic E-state index is -4.34. The summed E-state index contributed by atoms with van der Waals surface area (Å²) < 4.78 is 42.2. The third kappa shape index (κ3) is 8.41. The number of ether oxygens (including phenoxy) is 1. The van der Waals surface area contributed by atoms with Crippen molar-refractivity contribution in [3.8, 4) is 0 Å². The quantitative estimate of drug-likeness (QED) is 0.289. The van der Waals surface area contributed by atoms with E-state index in [1.807, 2.05) is 6.92 Å². The van der Waals surface area contributed by atoms with Gasteiger partial charge in [-0.05, 0) is 24.6 Å². The van der Waals surface area contributed by atoms with E-state index >= 15 is 0 Å². The maximum atomic E-state index is 12.5. The average Bonchev–Trinajstić information content (AvgIpc) is 2.55. The van der Waals surface area contributed by atoms with E-state index in [9.17, 15) is 18.0 Å². The zero-order valence-corrected chi connectivity index (χ0v) is 16.6. The van der Waals surface area contributed by atoms with E-state index in [1.165, 1.54) is 19.2 Å². The predicted octanol–water partition coefficient (Wildman–Crippen LogP) is 3.19. The van der Waals surface area contributed by atoms with Crippen LogP contribution in [0.2, 0.25) is 0 Å². The maximum absolute atomic E-state index is 12.5. The summed E-state index contributed by atoms with van der Waals surface area (Å²) in [6, 6.07) is 4.86. The molecule has 0 aliphatic rings. The molecule has 1 rings (SSSR count). The van der Waals surface area contributed by atoms with Crippen molar-refractivity contribution in [3.05, 3.63) is 35.4 Å². The van der Waals surface area contributed by atoms with Crippen molar-refractivity contribution in [2.24, 2.45) is 10.9 Å². The first-order valence-corrected chi connectivity index (χ1v) is 7.54. The van der Waals surface area contributed by atoms with Crippen LogP contribution in [0.5, 0.6) is 0 Å². The molecule has 0 bridgehead atoms. The van der Waals surface area contributed by atoms with E-state index in [1.54, 1.807) is 6.92 Å². The summed E-state index contributed by atoms with van der Waals surface area (Å²) in [6.07, 6.45) is -4.34. The van der Waals surface area contributed by atoms with Gasteiger partial charge in [-0.25, -0.2) is 4.99 Å². The second kappa shape index (κ2) is 11.2. The van der Waals surface area contributed by atoms with Crippen LogP contribution in [0.1, 0.15) is 25.0 Å². The molecule has 0 aliphatic heterocycles. The van der Waals surface area contributed by atoms with Crippen molar-refractivity contribution in [2.75, 3.05) is 20.2 Å². The van der Waals surface area contributed by atoms with Crippen LogP contribution >= 0.6 is 24.0 Å². The van der Waals surface area contributed by atoms with Gasteiger partial charge in [0.05, 0.1) is 25.1 Å². The van der Waals surface area contributed by atoms with Crippen molar-refractivity contribution in [2.45, 2.75) is 26.6 Å². The summed E-state index contributed by atoms with van der Waals surface area (Å²) >= 11 is 0. The number of guanidine groups is 1. The molecule has 0 fully saturated rings. The van der Waals surface area contributed by atoms with Crippen LogP contribution in [0.25, 0.3) is 0 Å². The van der Waals surface area contributed by atoms with E-state index in [0.29, 0.717) is 24.6 Å². The normalized spacial score (nSPS) is 12.8. The topological polar surface area (TPSA) is 62.7 Å². The summed E-state index contributed by atoms with van der Waals surface area (Å²) in [5, 5.41) is 6.01. The van der Waals surface area contributed by atoms with Crippen molar-refractivity contribution < 1.29 is 22.7 Å². The monoisotopic (exact) mass is 473 g/mol. The average molecular weight is 473 g/mol. The molecule has 0 spiro atoms.